The predicted octanol–water partition coefficient (Wildman–Crippen LogP) is 3.53. The van der Waals surface area contributed by atoms with Gasteiger partial charge >= 0.3 is 6.03 Å². The van der Waals surface area contributed by atoms with Gasteiger partial charge in [0.25, 0.3) is 0 Å². The van der Waals surface area contributed by atoms with Gasteiger partial charge in [-0.2, -0.15) is 0 Å². The van der Waals surface area contributed by atoms with Crippen molar-refractivity contribution in [2.24, 2.45) is 0 Å². The first-order chi connectivity index (χ1) is 11.7. The van der Waals surface area contributed by atoms with Crippen molar-refractivity contribution in [1.29, 1.82) is 0 Å². The number of nitrogens with zero attached hydrogens (tertiary/aromatic N) is 1. The monoisotopic (exact) mass is 342 g/mol. The van der Waals surface area contributed by atoms with Crippen molar-refractivity contribution in [2.45, 2.75) is 24.2 Å². The number of hydrogen-bond acceptors (Lipinski definition) is 4. The van der Waals surface area contributed by atoms with Crippen LogP contribution in [0.15, 0.2) is 41.3 Å². The Morgan fingerprint density at radius 3 is 3.12 bits per heavy atom. The van der Waals surface area contributed by atoms with Crippen molar-refractivity contribution < 1.29 is 4.79 Å². The van der Waals surface area contributed by atoms with Crippen molar-refractivity contribution in [3.63, 3.8) is 0 Å². The van der Waals surface area contributed by atoms with Crippen LogP contribution in [0.2, 0.25) is 0 Å². The van der Waals surface area contributed by atoms with Gasteiger partial charge in [-0.1, -0.05) is 12.1 Å². The Bertz CT molecular complexity index is 720. The normalized spacial score (nSPS) is 12.9. The Hall–Kier alpha value is -2.21. The van der Waals surface area contributed by atoms with Crippen LogP contribution in [-0.2, 0) is 12.8 Å². The van der Waals surface area contributed by atoms with E-state index in [-0.39, 0.29) is 6.03 Å². The van der Waals surface area contributed by atoms with Crippen LogP contribution in [0.4, 0.5) is 16.3 Å². The van der Waals surface area contributed by atoms with Crippen molar-refractivity contribution in [1.82, 2.24) is 10.3 Å². The molecule has 24 heavy (non-hydrogen) atoms. The number of fused-ring (bicyclic) bond motifs is 1. The zero-order valence-electron chi connectivity index (χ0n) is 13.8. The van der Waals surface area contributed by atoms with E-state index in [1.54, 1.807) is 11.8 Å². The molecule has 3 N–H and O–H groups in total. The van der Waals surface area contributed by atoms with Crippen LogP contribution in [0, 0.1) is 0 Å². The fraction of sp³-hybridized carbons (Fsp3) is 0.333. The Labute approximate surface area is 146 Å². The number of pyridine rings is 1. The fourth-order valence-corrected chi connectivity index (χ4v) is 3.15. The van der Waals surface area contributed by atoms with Crippen LogP contribution in [0.1, 0.15) is 17.7 Å². The first-order valence-corrected chi connectivity index (χ1v) is 9.38. The maximum Gasteiger partial charge on any atom is 0.319 e. The van der Waals surface area contributed by atoms with Gasteiger partial charge in [-0.25, -0.2) is 9.78 Å². The zero-order chi connectivity index (χ0) is 16.8. The highest BCUT2D eigenvalue weighted by Crippen LogP contribution is 2.20. The van der Waals surface area contributed by atoms with E-state index in [2.05, 4.69) is 27.0 Å². The van der Waals surface area contributed by atoms with E-state index in [1.165, 1.54) is 5.56 Å². The lowest BCUT2D eigenvalue weighted by Gasteiger charge is -2.17. The molecule has 1 aromatic heterocycles. The van der Waals surface area contributed by atoms with Crippen molar-refractivity contribution in [3.05, 3.63) is 47.7 Å². The SMILES string of the molecule is CSc1cccc(NC(=O)NCCc2ccc3c(n2)NCCC3)c1. The van der Waals surface area contributed by atoms with Gasteiger partial charge in [0.15, 0.2) is 0 Å². The summed E-state index contributed by atoms with van der Waals surface area (Å²) < 4.78 is 0. The zero-order valence-corrected chi connectivity index (χ0v) is 14.6. The van der Waals surface area contributed by atoms with Gasteiger partial charge in [-0.15, -0.1) is 11.8 Å². The number of benzene rings is 1. The number of nitrogens with one attached hydrogen (secondary N) is 3. The third kappa shape index (κ3) is 4.41. The molecule has 1 aliphatic rings. The molecule has 0 spiro atoms. The van der Waals surface area contributed by atoms with Crippen LogP contribution >= 0.6 is 11.8 Å². The molecule has 0 atom stereocenters. The number of thioether (sulfide) groups is 1. The topological polar surface area (TPSA) is 66.0 Å². The molecule has 3 rings (SSSR count). The van der Waals surface area contributed by atoms with Gasteiger partial charge in [0.2, 0.25) is 0 Å². The molecule has 0 saturated heterocycles. The number of carbonyl (C=O) groups excluding carboxylic acids is 1. The van der Waals surface area contributed by atoms with E-state index in [1.807, 2.05) is 36.6 Å². The molecule has 126 valence electrons. The van der Waals surface area contributed by atoms with E-state index in [0.717, 1.165) is 41.5 Å². The summed E-state index contributed by atoms with van der Waals surface area (Å²) in [5.74, 6) is 0.997. The lowest BCUT2D eigenvalue weighted by atomic mass is 10.1. The standard InChI is InChI=1S/C18H22N4OS/c1-24-16-6-2-5-15(12-16)22-18(23)20-11-9-14-8-7-13-4-3-10-19-17(13)21-14/h2,5-8,12H,3-4,9-11H2,1H3,(H,19,21)(H2,20,22,23). The Balaban J connectivity index is 1.48. The lowest BCUT2D eigenvalue weighted by Crippen LogP contribution is -2.30. The smallest absolute Gasteiger partial charge is 0.319 e. The Kier molecular flexibility index (Phi) is 5.59. The lowest BCUT2D eigenvalue weighted by molar-refractivity contribution is 0.252. The molecule has 6 heteroatoms. The Morgan fingerprint density at radius 1 is 1.33 bits per heavy atom. The third-order valence-corrected chi connectivity index (χ3v) is 4.67. The second-order valence-corrected chi connectivity index (χ2v) is 6.58. The minimum atomic E-state index is -0.190. The first kappa shape index (κ1) is 16.6. The number of aromatic nitrogens is 1. The number of urea groups is 1. The summed E-state index contributed by atoms with van der Waals surface area (Å²) in [7, 11) is 0. The average molecular weight is 342 g/mol. The largest absolute Gasteiger partial charge is 0.370 e. The van der Waals surface area contributed by atoms with E-state index < -0.39 is 0 Å². The number of carbonyl (C=O) groups is 1. The summed E-state index contributed by atoms with van der Waals surface area (Å²) in [5.41, 5.74) is 3.08. The maximum atomic E-state index is 12.0. The molecule has 2 heterocycles. The van der Waals surface area contributed by atoms with Crippen LogP contribution in [0.25, 0.3) is 0 Å². The van der Waals surface area contributed by atoms with Crippen molar-refractivity contribution in [2.75, 3.05) is 30.0 Å². The first-order valence-electron chi connectivity index (χ1n) is 8.16. The molecule has 0 saturated carbocycles. The molecule has 1 aliphatic heterocycles. The molecule has 0 bridgehead atoms. The minimum absolute atomic E-state index is 0.190. The van der Waals surface area contributed by atoms with Crippen LogP contribution < -0.4 is 16.0 Å². The average Bonchev–Trinajstić information content (AvgIpc) is 2.62. The van der Waals surface area contributed by atoms with E-state index in [4.69, 9.17) is 0 Å². The molecule has 2 amide bonds. The summed E-state index contributed by atoms with van der Waals surface area (Å²) in [6, 6.07) is 11.8. The van der Waals surface area contributed by atoms with Gasteiger partial charge in [0, 0.05) is 35.8 Å². The van der Waals surface area contributed by atoms with Gasteiger partial charge in [0.1, 0.15) is 5.82 Å². The highest BCUT2D eigenvalue weighted by atomic mass is 32.2. The second kappa shape index (κ2) is 8.06. The van der Waals surface area contributed by atoms with E-state index in [9.17, 15) is 4.79 Å². The van der Waals surface area contributed by atoms with Gasteiger partial charge in [-0.3, -0.25) is 0 Å². The molecule has 2 aromatic rings. The van der Waals surface area contributed by atoms with Gasteiger partial charge < -0.3 is 16.0 Å². The summed E-state index contributed by atoms with van der Waals surface area (Å²) in [6.45, 7) is 1.54. The number of anilines is 2. The number of rotatable bonds is 5. The van der Waals surface area contributed by atoms with Crippen LogP contribution in [0.3, 0.4) is 0 Å². The maximum absolute atomic E-state index is 12.0. The molecule has 0 fully saturated rings. The van der Waals surface area contributed by atoms with Gasteiger partial charge in [-0.05, 0) is 48.9 Å². The number of amides is 2. The summed E-state index contributed by atoms with van der Waals surface area (Å²) in [4.78, 5) is 17.7. The van der Waals surface area contributed by atoms with E-state index >= 15 is 0 Å². The fourth-order valence-electron chi connectivity index (χ4n) is 2.69. The highest BCUT2D eigenvalue weighted by Gasteiger charge is 2.10. The number of hydrogen-bond donors (Lipinski definition) is 3. The molecular weight excluding hydrogens is 320 g/mol. The third-order valence-electron chi connectivity index (χ3n) is 3.95. The molecule has 0 radical (unpaired) electrons. The predicted molar refractivity (Wildman–Crippen MR) is 100.0 cm³/mol. The quantitative estimate of drug-likeness (QED) is 0.727. The summed E-state index contributed by atoms with van der Waals surface area (Å²) in [6.07, 6.45) is 4.98. The van der Waals surface area contributed by atoms with Gasteiger partial charge in [0.05, 0.1) is 0 Å². The molecule has 0 unspecified atom stereocenters. The molecular formula is C18H22N4OS. The molecule has 1 aromatic carbocycles. The Morgan fingerprint density at radius 2 is 2.25 bits per heavy atom. The highest BCUT2D eigenvalue weighted by molar-refractivity contribution is 7.98. The second-order valence-electron chi connectivity index (χ2n) is 5.70. The summed E-state index contributed by atoms with van der Waals surface area (Å²) in [5, 5.41) is 9.07. The van der Waals surface area contributed by atoms with Crippen molar-refractivity contribution in [3.8, 4) is 0 Å². The minimum Gasteiger partial charge on any atom is -0.370 e. The van der Waals surface area contributed by atoms with E-state index in [0.29, 0.717) is 13.0 Å². The number of aryl methyl sites for hydroxylation is 1. The molecule has 0 aliphatic carbocycles. The van der Waals surface area contributed by atoms with Crippen molar-refractivity contribution >= 4 is 29.3 Å². The van der Waals surface area contributed by atoms with Crippen LogP contribution in [-0.4, -0.2) is 30.4 Å². The van der Waals surface area contributed by atoms with Crippen LogP contribution in [0.5, 0.6) is 0 Å². The summed E-state index contributed by atoms with van der Waals surface area (Å²) >= 11 is 1.65. The molecule has 5 nitrogen and oxygen atoms in total.